The molecule has 1 aliphatic rings. The number of rotatable bonds is 2. The van der Waals surface area contributed by atoms with Gasteiger partial charge in [0, 0.05) is 16.3 Å². The van der Waals surface area contributed by atoms with E-state index in [0.717, 1.165) is 33.2 Å². The molecule has 0 amide bonds. The van der Waals surface area contributed by atoms with Crippen LogP contribution in [0, 0.1) is 6.92 Å². The molecule has 0 N–H and O–H groups in total. The smallest absolute Gasteiger partial charge is 0.231 e. The molecule has 6 rings (SSSR count). The highest BCUT2D eigenvalue weighted by Crippen LogP contribution is 2.47. The van der Waals surface area contributed by atoms with Gasteiger partial charge in [-0.2, -0.15) is 4.57 Å². The zero-order valence-electron chi connectivity index (χ0n) is 21.6. The highest BCUT2D eigenvalue weighted by Gasteiger charge is 2.37. The van der Waals surface area contributed by atoms with Gasteiger partial charge in [0.15, 0.2) is 6.20 Å². The summed E-state index contributed by atoms with van der Waals surface area (Å²) in [6.07, 6.45) is 8.17. The predicted octanol–water partition coefficient (Wildman–Crippen LogP) is 7.80. The fourth-order valence-electron chi connectivity index (χ4n) is 5.89. The van der Waals surface area contributed by atoms with Gasteiger partial charge in [0.2, 0.25) is 5.69 Å². The van der Waals surface area contributed by atoms with Gasteiger partial charge < -0.3 is 4.42 Å². The minimum absolute atomic E-state index is 0.175. The zero-order chi connectivity index (χ0) is 24.5. The second-order valence-corrected chi connectivity index (χ2v) is 11.5. The van der Waals surface area contributed by atoms with E-state index in [1.165, 1.54) is 40.7 Å². The van der Waals surface area contributed by atoms with E-state index in [1.807, 2.05) is 18.6 Å². The summed E-state index contributed by atoms with van der Waals surface area (Å²) >= 11 is 0. The van der Waals surface area contributed by atoms with Crippen LogP contribution in [0.3, 0.4) is 0 Å². The van der Waals surface area contributed by atoms with Crippen LogP contribution < -0.4 is 4.57 Å². The minimum atomic E-state index is 0.175. The fraction of sp³-hybridized carbons (Fsp3) is 0.312. The Morgan fingerprint density at radius 1 is 0.857 bits per heavy atom. The number of aryl methyl sites for hydroxylation is 2. The van der Waals surface area contributed by atoms with E-state index in [0.29, 0.717) is 0 Å². The lowest BCUT2D eigenvalue weighted by Gasteiger charge is -2.42. The first-order valence-electron chi connectivity index (χ1n) is 12.6. The molecule has 0 atom stereocenters. The van der Waals surface area contributed by atoms with Gasteiger partial charge in [0.05, 0.1) is 18.0 Å². The van der Waals surface area contributed by atoms with Crippen LogP contribution in [-0.4, -0.2) is 4.98 Å². The molecule has 0 spiro atoms. The molecule has 5 aromatic rings. The van der Waals surface area contributed by atoms with Crippen LogP contribution in [0.2, 0.25) is 0 Å². The van der Waals surface area contributed by atoms with E-state index in [2.05, 4.69) is 99.7 Å². The van der Waals surface area contributed by atoms with Gasteiger partial charge in [-0.15, -0.1) is 0 Å². The molecule has 0 aliphatic heterocycles. The number of para-hydroxylation sites is 1. The minimum Gasteiger partial charge on any atom is -0.455 e. The van der Waals surface area contributed by atoms with E-state index >= 15 is 0 Å². The molecular weight excluding hydrogens is 428 g/mol. The molecule has 2 aromatic heterocycles. The summed E-state index contributed by atoms with van der Waals surface area (Å²) in [6.45, 7) is 11.7. The summed E-state index contributed by atoms with van der Waals surface area (Å²) in [6, 6.07) is 18.0. The Kier molecular flexibility index (Phi) is 4.73. The number of fused-ring (bicyclic) bond motifs is 4. The predicted molar refractivity (Wildman–Crippen MR) is 144 cm³/mol. The molecule has 0 unspecified atom stereocenters. The van der Waals surface area contributed by atoms with Crippen LogP contribution in [-0.2, 0) is 17.9 Å². The molecule has 176 valence electrons. The molecule has 3 aromatic carbocycles. The Morgan fingerprint density at radius 3 is 2.40 bits per heavy atom. The molecule has 0 radical (unpaired) electrons. The molecule has 35 heavy (non-hydrogen) atoms. The van der Waals surface area contributed by atoms with Crippen LogP contribution in [0.25, 0.3) is 44.3 Å². The molecule has 0 saturated carbocycles. The highest BCUT2D eigenvalue weighted by molar-refractivity contribution is 6.10. The molecule has 0 saturated heterocycles. The molecule has 3 heteroatoms. The molecule has 1 aliphatic carbocycles. The SMILES string of the molecule is Cc1cc2oc3c(-c4ccc5c(c4)C(C)(C)CCC5(C)C)cccc3c2cc1-c1cncc[n+]1C. The number of aromatic nitrogens is 2. The van der Waals surface area contributed by atoms with Crippen LogP contribution in [0.1, 0.15) is 57.2 Å². The first-order chi connectivity index (χ1) is 16.7. The second-order valence-electron chi connectivity index (χ2n) is 11.5. The maximum atomic E-state index is 6.55. The van der Waals surface area contributed by atoms with E-state index in [4.69, 9.17) is 4.42 Å². The third-order valence-electron chi connectivity index (χ3n) is 8.24. The van der Waals surface area contributed by atoms with Crippen LogP contribution in [0.15, 0.2) is 71.5 Å². The number of hydrogen-bond donors (Lipinski definition) is 0. The van der Waals surface area contributed by atoms with Crippen molar-refractivity contribution in [2.24, 2.45) is 7.05 Å². The molecular formula is C32H33N2O+. The van der Waals surface area contributed by atoms with E-state index < -0.39 is 0 Å². The van der Waals surface area contributed by atoms with Crippen LogP contribution in [0.5, 0.6) is 0 Å². The third-order valence-corrected chi connectivity index (χ3v) is 8.24. The van der Waals surface area contributed by atoms with Crippen LogP contribution in [0.4, 0.5) is 0 Å². The molecule has 2 heterocycles. The summed E-state index contributed by atoms with van der Waals surface area (Å²) in [5, 5.41) is 2.30. The highest BCUT2D eigenvalue weighted by atomic mass is 16.3. The average Bonchev–Trinajstić information content (AvgIpc) is 3.19. The Hall–Kier alpha value is -3.46. The van der Waals surface area contributed by atoms with Gasteiger partial charge in [0.25, 0.3) is 0 Å². The second kappa shape index (κ2) is 7.52. The Bertz CT molecular complexity index is 1620. The van der Waals surface area contributed by atoms with Crippen molar-refractivity contribution < 1.29 is 8.98 Å². The summed E-state index contributed by atoms with van der Waals surface area (Å²) in [4.78, 5) is 4.36. The summed E-state index contributed by atoms with van der Waals surface area (Å²) in [5.74, 6) is 0. The quantitative estimate of drug-likeness (QED) is 0.251. The number of nitrogens with zero attached hydrogens (tertiary/aromatic N) is 2. The summed E-state index contributed by atoms with van der Waals surface area (Å²) in [7, 11) is 2.06. The lowest BCUT2D eigenvalue weighted by Crippen LogP contribution is -2.33. The topological polar surface area (TPSA) is 29.9 Å². The van der Waals surface area contributed by atoms with Crippen molar-refractivity contribution in [3.8, 4) is 22.4 Å². The van der Waals surface area contributed by atoms with Gasteiger partial charge in [-0.05, 0) is 65.0 Å². The van der Waals surface area contributed by atoms with Gasteiger partial charge in [-0.25, -0.2) is 0 Å². The van der Waals surface area contributed by atoms with Crippen molar-refractivity contribution in [2.45, 2.75) is 58.3 Å². The molecule has 0 bridgehead atoms. The van der Waals surface area contributed by atoms with Crippen molar-refractivity contribution in [3.63, 3.8) is 0 Å². The molecule has 0 fully saturated rings. The van der Waals surface area contributed by atoms with Crippen molar-refractivity contribution in [3.05, 3.63) is 83.8 Å². The largest absolute Gasteiger partial charge is 0.455 e. The first kappa shape index (κ1) is 22.0. The fourth-order valence-corrected chi connectivity index (χ4v) is 5.89. The Labute approximate surface area is 207 Å². The zero-order valence-corrected chi connectivity index (χ0v) is 21.6. The number of benzene rings is 3. The molecule has 3 nitrogen and oxygen atoms in total. The lowest BCUT2D eigenvalue weighted by molar-refractivity contribution is -0.660. The summed E-state index contributed by atoms with van der Waals surface area (Å²) < 4.78 is 8.67. The Morgan fingerprint density at radius 2 is 1.63 bits per heavy atom. The lowest BCUT2D eigenvalue weighted by atomic mass is 9.63. The normalized spacial score (nSPS) is 16.5. The van der Waals surface area contributed by atoms with Crippen molar-refractivity contribution in [1.29, 1.82) is 0 Å². The van der Waals surface area contributed by atoms with Crippen molar-refractivity contribution in [1.82, 2.24) is 4.98 Å². The van der Waals surface area contributed by atoms with Gasteiger partial charge in [0.1, 0.15) is 18.2 Å². The average molecular weight is 462 g/mol. The monoisotopic (exact) mass is 461 g/mol. The number of hydrogen-bond acceptors (Lipinski definition) is 2. The maximum Gasteiger partial charge on any atom is 0.231 e. The Balaban J connectivity index is 1.57. The van der Waals surface area contributed by atoms with Crippen molar-refractivity contribution in [2.75, 3.05) is 0 Å². The number of furan rings is 1. The van der Waals surface area contributed by atoms with E-state index in [9.17, 15) is 0 Å². The van der Waals surface area contributed by atoms with Gasteiger partial charge >= 0.3 is 0 Å². The maximum absolute atomic E-state index is 6.55. The third kappa shape index (κ3) is 3.40. The van der Waals surface area contributed by atoms with E-state index in [1.54, 1.807) is 0 Å². The van der Waals surface area contributed by atoms with E-state index in [-0.39, 0.29) is 10.8 Å². The van der Waals surface area contributed by atoms with Crippen LogP contribution >= 0.6 is 0 Å². The first-order valence-corrected chi connectivity index (χ1v) is 12.6. The van der Waals surface area contributed by atoms with Gasteiger partial charge in [-0.1, -0.05) is 64.1 Å². The van der Waals surface area contributed by atoms with Gasteiger partial charge in [-0.3, -0.25) is 4.98 Å². The van der Waals surface area contributed by atoms with Crippen molar-refractivity contribution >= 4 is 21.9 Å². The summed E-state index contributed by atoms with van der Waals surface area (Å²) in [5.41, 5.74) is 11.1. The standard InChI is InChI=1S/C32H33N2O/c1-20-16-29-25(18-24(20)28-19-33-14-15-34(28)6)23-9-7-8-22(30(23)35-29)21-10-11-26-27(17-21)32(4,5)13-12-31(26,2)3/h7-11,14-19H,12-13H2,1-6H3/q+1.